The number of urea groups is 1. The Hall–Kier alpha value is -3.52. The number of rotatable bonds is 8. The second-order valence-corrected chi connectivity index (χ2v) is 10.8. The number of hydrogen-bond acceptors (Lipinski definition) is 5. The van der Waals surface area contributed by atoms with E-state index in [1.165, 1.54) is 24.2 Å². The van der Waals surface area contributed by atoms with Gasteiger partial charge in [-0.25, -0.2) is 4.79 Å². The Balaban J connectivity index is 1.36. The van der Waals surface area contributed by atoms with E-state index in [9.17, 15) is 14.7 Å². The number of aromatic amines is 1. The van der Waals surface area contributed by atoms with Gasteiger partial charge in [-0.3, -0.25) is 9.69 Å². The topological polar surface area (TPSA) is 97.9 Å². The molecule has 1 aromatic heterocycles. The van der Waals surface area contributed by atoms with Crippen LogP contribution in [0.1, 0.15) is 55.5 Å². The molecule has 8 nitrogen and oxygen atoms in total. The van der Waals surface area contributed by atoms with Crippen LogP contribution in [0, 0.1) is 0 Å². The van der Waals surface area contributed by atoms with Gasteiger partial charge in [0.1, 0.15) is 17.0 Å². The quantitative estimate of drug-likeness (QED) is 0.316. The molecule has 37 heavy (non-hydrogen) atoms. The first-order valence-corrected chi connectivity index (χ1v) is 13.2. The maximum Gasteiger partial charge on any atom is 0.328 e. The number of aromatic nitrogens is 1. The van der Waals surface area contributed by atoms with Gasteiger partial charge in [0.15, 0.2) is 0 Å². The normalized spacial score (nSPS) is 23.4. The summed E-state index contributed by atoms with van der Waals surface area (Å²) in [6.45, 7) is 3.11. The molecule has 194 valence electrons. The molecule has 0 bridgehead atoms. The Bertz CT molecular complexity index is 1360. The molecule has 2 aliphatic heterocycles. The van der Waals surface area contributed by atoms with E-state index in [0.29, 0.717) is 25.4 Å². The minimum atomic E-state index is -0.981. The van der Waals surface area contributed by atoms with Gasteiger partial charge in [-0.15, -0.1) is 0 Å². The number of phenolic OH excluding ortho intramolecular Hbond substituents is 1. The number of nitrogens with zero attached hydrogens (tertiary/aromatic N) is 2. The highest BCUT2D eigenvalue weighted by Crippen LogP contribution is 2.47. The van der Waals surface area contributed by atoms with Gasteiger partial charge in [-0.05, 0) is 80.6 Å². The zero-order valence-electron chi connectivity index (χ0n) is 21.4. The Labute approximate surface area is 216 Å². The highest BCUT2D eigenvalue weighted by Gasteiger charge is 2.59. The van der Waals surface area contributed by atoms with E-state index in [2.05, 4.69) is 10.3 Å². The van der Waals surface area contributed by atoms with Crippen LogP contribution in [0.2, 0.25) is 0 Å². The van der Waals surface area contributed by atoms with Crippen molar-refractivity contribution in [3.8, 4) is 11.5 Å². The third kappa shape index (κ3) is 3.94. The largest absolute Gasteiger partial charge is 0.508 e. The summed E-state index contributed by atoms with van der Waals surface area (Å²) in [5.74, 6) is 0.799. The average molecular weight is 503 g/mol. The fraction of sp³-hybridized carbons (Fsp3) is 0.448. The zero-order chi connectivity index (χ0) is 25.7. The molecule has 8 heteroatoms. The first-order valence-electron chi connectivity index (χ1n) is 13.2. The van der Waals surface area contributed by atoms with Crippen molar-refractivity contribution in [1.82, 2.24) is 20.1 Å². The maximum atomic E-state index is 13.9. The second-order valence-electron chi connectivity index (χ2n) is 10.8. The fourth-order valence-electron chi connectivity index (χ4n) is 6.24. The van der Waals surface area contributed by atoms with E-state index < -0.39 is 5.54 Å². The van der Waals surface area contributed by atoms with Crippen LogP contribution in [-0.2, 0) is 17.6 Å². The highest BCUT2D eigenvalue weighted by molar-refractivity contribution is 6.08. The molecule has 3 heterocycles. The highest BCUT2D eigenvalue weighted by atomic mass is 16.5. The molecule has 0 spiro atoms. The number of carbonyl (C=O) groups is 2. The summed E-state index contributed by atoms with van der Waals surface area (Å²) in [5, 5.41) is 14.6. The van der Waals surface area contributed by atoms with Gasteiger partial charge in [-0.2, -0.15) is 0 Å². The zero-order valence-corrected chi connectivity index (χ0v) is 21.4. The standard InChI is InChI=1S/C29H34N4O4/c1-29-17-23-22-16-21(37-2)10-11-24(22)31-26(23)25(15-18-6-3-9-20(34)14-18)33(29)28(36)32(27(29)35)13-5-12-30-19-7-4-8-19/h3,6,9-11,14,16,19,25,30-31,34H,4-5,7-8,12-13,15,17H2,1-2H3/t25?,29-/m0/s1. The number of imide groups is 1. The van der Waals surface area contributed by atoms with Crippen LogP contribution in [0.15, 0.2) is 42.5 Å². The minimum Gasteiger partial charge on any atom is -0.508 e. The van der Waals surface area contributed by atoms with Crippen molar-refractivity contribution in [3.05, 3.63) is 59.3 Å². The lowest BCUT2D eigenvalue weighted by Gasteiger charge is -2.42. The number of H-pyrrole nitrogens is 1. The molecule has 1 saturated carbocycles. The number of carbonyl (C=O) groups excluding carboxylic acids is 2. The number of phenols is 1. The summed E-state index contributed by atoms with van der Waals surface area (Å²) in [4.78, 5) is 34.5. The number of fused-ring (bicyclic) bond motifs is 4. The van der Waals surface area contributed by atoms with Gasteiger partial charge in [0.05, 0.1) is 13.2 Å². The molecule has 2 atom stereocenters. The Kier molecular flexibility index (Phi) is 5.87. The summed E-state index contributed by atoms with van der Waals surface area (Å²) in [7, 11) is 1.64. The van der Waals surface area contributed by atoms with Crippen LogP contribution in [0.4, 0.5) is 4.79 Å². The number of methoxy groups -OCH3 is 1. The molecule has 1 saturated heterocycles. The lowest BCUT2D eigenvalue weighted by molar-refractivity contribution is -0.133. The minimum absolute atomic E-state index is 0.134. The smallest absolute Gasteiger partial charge is 0.328 e. The molecule has 3 aliphatic rings. The number of amides is 3. The Morgan fingerprint density at radius 1 is 1.19 bits per heavy atom. The molecule has 3 amide bonds. The van der Waals surface area contributed by atoms with E-state index in [-0.39, 0.29) is 23.7 Å². The first kappa shape index (κ1) is 23.9. The molecule has 2 fully saturated rings. The lowest BCUT2D eigenvalue weighted by atomic mass is 9.81. The monoisotopic (exact) mass is 502 g/mol. The maximum absolute atomic E-state index is 13.9. The average Bonchev–Trinajstić information content (AvgIpc) is 3.30. The lowest BCUT2D eigenvalue weighted by Crippen LogP contribution is -2.53. The van der Waals surface area contributed by atoms with Gasteiger partial charge >= 0.3 is 6.03 Å². The summed E-state index contributed by atoms with van der Waals surface area (Å²) >= 11 is 0. The third-order valence-electron chi connectivity index (χ3n) is 8.42. The number of aromatic hydroxyl groups is 1. The Morgan fingerprint density at radius 2 is 2.03 bits per heavy atom. The van der Waals surface area contributed by atoms with Gasteiger partial charge < -0.3 is 25.0 Å². The summed E-state index contributed by atoms with van der Waals surface area (Å²) in [6.07, 6.45) is 5.35. The van der Waals surface area contributed by atoms with Crippen molar-refractivity contribution in [3.63, 3.8) is 0 Å². The predicted octanol–water partition coefficient (Wildman–Crippen LogP) is 4.28. The molecule has 1 aliphatic carbocycles. The molecule has 3 N–H and O–H groups in total. The first-order chi connectivity index (χ1) is 17.9. The predicted molar refractivity (Wildman–Crippen MR) is 141 cm³/mol. The van der Waals surface area contributed by atoms with Crippen LogP contribution in [0.5, 0.6) is 11.5 Å². The van der Waals surface area contributed by atoms with Crippen molar-refractivity contribution in [1.29, 1.82) is 0 Å². The van der Waals surface area contributed by atoms with E-state index >= 15 is 0 Å². The molecular formula is C29H34N4O4. The van der Waals surface area contributed by atoms with E-state index in [4.69, 9.17) is 4.74 Å². The van der Waals surface area contributed by atoms with Crippen molar-refractivity contribution in [2.75, 3.05) is 20.2 Å². The van der Waals surface area contributed by atoms with Crippen molar-refractivity contribution < 1.29 is 19.4 Å². The van der Waals surface area contributed by atoms with Crippen molar-refractivity contribution in [2.45, 2.75) is 63.1 Å². The van der Waals surface area contributed by atoms with Crippen LogP contribution >= 0.6 is 0 Å². The van der Waals surface area contributed by atoms with Crippen LogP contribution in [-0.4, -0.2) is 63.6 Å². The van der Waals surface area contributed by atoms with Crippen LogP contribution in [0.3, 0.4) is 0 Å². The van der Waals surface area contributed by atoms with Gasteiger partial charge in [0.25, 0.3) is 5.91 Å². The van der Waals surface area contributed by atoms with Gasteiger partial charge in [-0.1, -0.05) is 18.6 Å². The number of benzene rings is 2. The fourth-order valence-corrected chi connectivity index (χ4v) is 6.24. The van der Waals surface area contributed by atoms with Crippen molar-refractivity contribution >= 4 is 22.8 Å². The Morgan fingerprint density at radius 3 is 2.76 bits per heavy atom. The molecule has 0 radical (unpaired) electrons. The van der Waals surface area contributed by atoms with E-state index in [1.807, 2.05) is 37.3 Å². The molecular weight excluding hydrogens is 468 g/mol. The van der Waals surface area contributed by atoms with Crippen molar-refractivity contribution in [2.24, 2.45) is 0 Å². The van der Waals surface area contributed by atoms with Crippen LogP contribution < -0.4 is 10.1 Å². The molecule has 1 unspecified atom stereocenters. The van der Waals surface area contributed by atoms with E-state index in [1.54, 1.807) is 24.1 Å². The number of ether oxygens (including phenoxy) is 1. The van der Waals surface area contributed by atoms with Gasteiger partial charge in [0.2, 0.25) is 0 Å². The summed E-state index contributed by atoms with van der Waals surface area (Å²) in [6, 6.07) is 13.0. The molecule has 2 aromatic carbocycles. The third-order valence-corrected chi connectivity index (χ3v) is 8.42. The summed E-state index contributed by atoms with van der Waals surface area (Å²) < 4.78 is 5.48. The number of hydrogen-bond donors (Lipinski definition) is 3. The van der Waals surface area contributed by atoms with Gasteiger partial charge in [0, 0.05) is 35.6 Å². The van der Waals surface area contributed by atoms with E-state index in [0.717, 1.165) is 46.4 Å². The molecule has 3 aromatic rings. The SMILES string of the molecule is COc1ccc2[nH]c3c(c2c1)C[C@@]1(C)C(=O)N(CCCNC2CCC2)C(=O)N1C3Cc1cccc(O)c1. The second kappa shape index (κ2) is 9.10. The molecule has 6 rings (SSSR count). The van der Waals surface area contributed by atoms with Crippen LogP contribution in [0.25, 0.3) is 10.9 Å². The summed E-state index contributed by atoms with van der Waals surface area (Å²) in [5.41, 5.74) is 2.87. The number of nitrogens with one attached hydrogen (secondary N) is 2.